The van der Waals surface area contributed by atoms with Crippen molar-refractivity contribution in [1.29, 1.82) is 0 Å². The normalized spacial score (nSPS) is 11.3. The first-order chi connectivity index (χ1) is 8.88. The summed E-state index contributed by atoms with van der Waals surface area (Å²) >= 11 is 6.73. The van der Waals surface area contributed by atoms with E-state index in [2.05, 4.69) is 5.32 Å². The number of benzene rings is 1. The molecule has 0 radical (unpaired) electrons. The average molecular weight is 320 g/mol. The van der Waals surface area contributed by atoms with Crippen LogP contribution in [0.3, 0.4) is 0 Å². The maximum atomic E-state index is 13.0. The molecule has 1 heterocycles. The zero-order valence-corrected chi connectivity index (χ0v) is 11.7. The van der Waals surface area contributed by atoms with Gasteiger partial charge in [0.25, 0.3) is 5.91 Å². The SMILES string of the molecule is O=C(Nc1ccccc1S(=O)(=O)F)c1ccc(Cl)s1. The fraction of sp³-hybridized carbons (Fsp3) is 0. The van der Waals surface area contributed by atoms with Crippen LogP contribution in [0.1, 0.15) is 9.67 Å². The molecule has 8 heteroatoms. The van der Waals surface area contributed by atoms with Gasteiger partial charge in [0, 0.05) is 0 Å². The van der Waals surface area contributed by atoms with E-state index in [4.69, 9.17) is 11.6 Å². The Morgan fingerprint density at radius 3 is 2.47 bits per heavy atom. The van der Waals surface area contributed by atoms with Gasteiger partial charge in [0.15, 0.2) is 0 Å². The van der Waals surface area contributed by atoms with Gasteiger partial charge in [-0.2, -0.15) is 8.42 Å². The number of halogens is 2. The van der Waals surface area contributed by atoms with Gasteiger partial charge in [0.05, 0.1) is 14.9 Å². The lowest BCUT2D eigenvalue weighted by molar-refractivity contribution is 0.103. The van der Waals surface area contributed by atoms with E-state index >= 15 is 0 Å². The second-order valence-electron chi connectivity index (χ2n) is 3.49. The first-order valence-corrected chi connectivity index (χ1v) is 7.56. The molecule has 4 nitrogen and oxygen atoms in total. The van der Waals surface area contributed by atoms with Crippen molar-refractivity contribution in [2.45, 2.75) is 4.90 Å². The lowest BCUT2D eigenvalue weighted by Crippen LogP contribution is -2.12. The van der Waals surface area contributed by atoms with Crippen LogP contribution in [0.2, 0.25) is 4.34 Å². The molecule has 0 aliphatic carbocycles. The number of rotatable bonds is 3. The molecule has 0 unspecified atom stereocenters. The highest BCUT2D eigenvalue weighted by molar-refractivity contribution is 7.86. The first kappa shape index (κ1) is 14.0. The van der Waals surface area contributed by atoms with Crippen molar-refractivity contribution in [3.8, 4) is 0 Å². The summed E-state index contributed by atoms with van der Waals surface area (Å²) in [7, 11) is -4.89. The van der Waals surface area contributed by atoms with Crippen LogP contribution < -0.4 is 5.32 Å². The van der Waals surface area contributed by atoms with E-state index in [0.717, 1.165) is 17.4 Å². The minimum absolute atomic E-state index is 0.112. The zero-order chi connectivity index (χ0) is 14.0. The fourth-order valence-electron chi connectivity index (χ4n) is 1.40. The Kier molecular flexibility index (Phi) is 3.88. The maximum absolute atomic E-state index is 13.0. The molecule has 1 aromatic heterocycles. The van der Waals surface area contributed by atoms with Crippen molar-refractivity contribution < 1.29 is 17.1 Å². The van der Waals surface area contributed by atoms with Crippen molar-refractivity contribution in [3.63, 3.8) is 0 Å². The highest BCUT2D eigenvalue weighted by Crippen LogP contribution is 2.25. The molecule has 1 aromatic carbocycles. The molecule has 0 spiro atoms. The molecular weight excluding hydrogens is 313 g/mol. The average Bonchev–Trinajstić information content (AvgIpc) is 2.75. The van der Waals surface area contributed by atoms with Gasteiger partial charge in [0.1, 0.15) is 4.90 Å². The van der Waals surface area contributed by atoms with Crippen molar-refractivity contribution in [2.75, 3.05) is 5.32 Å². The lowest BCUT2D eigenvalue weighted by atomic mass is 10.3. The van der Waals surface area contributed by atoms with E-state index in [1.54, 1.807) is 6.07 Å². The highest BCUT2D eigenvalue weighted by atomic mass is 35.5. The quantitative estimate of drug-likeness (QED) is 0.883. The molecule has 0 atom stereocenters. The smallest absolute Gasteiger partial charge is 0.320 e. The summed E-state index contributed by atoms with van der Waals surface area (Å²) in [6, 6.07) is 8.27. The minimum Gasteiger partial charge on any atom is -0.320 e. The summed E-state index contributed by atoms with van der Waals surface area (Å²) < 4.78 is 35.3. The minimum atomic E-state index is -4.89. The van der Waals surface area contributed by atoms with E-state index in [9.17, 15) is 17.1 Å². The zero-order valence-electron chi connectivity index (χ0n) is 9.26. The van der Waals surface area contributed by atoms with Gasteiger partial charge >= 0.3 is 10.2 Å². The third kappa shape index (κ3) is 3.31. The van der Waals surface area contributed by atoms with Crippen LogP contribution in [0.25, 0.3) is 0 Å². The van der Waals surface area contributed by atoms with E-state index in [1.807, 2.05) is 0 Å². The van der Waals surface area contributed by atoms with Crippen LogP contribution in [-0.4, -0.2) is 14.3 Å². The Bertz CT molecular complexity index is 727. The summed E-state index contributed by atoms with van der Waals surface area (Å²) in [5, 5.41) is 2.34. The topological polar surface area (TPSA) is 63.2 Å². The number of carbonyl (C=O) groups excluding carboxylic acids is 1. The van der Waals surface area contributed by atoms with Crippen LogP contribution in [0.5, 0.6) is 0 Å². The van der Waals surface area contributed by atoms with E-state index in [-0.39, 0.29) is 5.69 Å². The van der Waals surface area contributed by atoms with Gasteiger partial charge in [0.2, 0.25) is 0 Å². The molecule has 100 valence electrons. The second-order valence-corrected chi connectivity index (χ2v) is 6.52. The van der Waals surface area contributed by atoms with Crippen molar-refractivity contribution in [2.24, 2.45) is 0 Å². The molecule has 0 saturated carbocycles. The molecular formula is C11H7ClFNO3S2. The summed E-state index contributed by atoms with van der Waals surface area (Å²) in [4.78, 5) is 11.6. The third-order valence-corrected chi connectivity index (χ3v) is 4.31. The monoisotopic (exact) mass is 319 g/mol. The first-order valence-electron chi connectivity index (χ1n) is 4.98. The largest absolute Gasteiger partial charge is 0.334 e. The van der Waals surface area contributed by atoms with Crippen LogP contribution >= 0.6 is 22.9 Å². The fourth-order valence-corrected chi connectivity index (χ4v) is 2.96. The molecule has 2 rings (SSSR count). The van der Waals surface area contributed by atoms with Gasteiger partial charge in [-0.25, -0.2) is 0 Å². The summed E-state index contributed by atoms with van der Waals surface area (Å²) in [6.45, 7) is 0. The van der Waals surface area contributed by atoms with Gasteiger partial charge in [-0.05, 0) is 24.3 Å². The molecule has 0 bridgehead atoms. The molecule has 0 aliphatic heterocycles. The number of amides is 1. The Hall–Kier alpha value is -1.44. The van der Waals surface area contributed by atoms with E-state index in [1.165, 1.54) is 24.3 Å². The molecule has 0 aliphatic rings. The predicted octanol–water partition coefficient (Wildman–Crippen LogP) is 3.31. The number of thiophene rings is 1. The van der Waals surface area contributed by atoms with Gasteiger partial charge < -0.3 is 5.32 Å². The molecule has 1 N–H and O–H groups in total. The van der Waals surface area contributed by atoms with Crippen LogP contribution in [0.15, 0.2) is 41.3 Å². The highest BCUT2D eigenvalue weighted by Gasteiger charge is 2.19. The Morgan fingerprint density at radius 2 is 1.89 bits per heavy atom. The van der Waals surface area contributed by atoms with Crippen LogP contribution in [0, 0.1) is 0 Å². The number of anilines is 1. The maximum Gasteiger partial charge on any atom is 0.334 e. The van der Waals surface area contributed by atoms with E-state index in [0.29, 0.717) is 9.21 Å². The van der Waals surface area contributed by atoms with Crippen molar-refractivity contribution in [1.82, 2.24) is 0 Å². The number of para-hydroxylation sites is 1. The second kappa shape index (κ2) is 5.28. The Labute approximate surface area is 118 Å². The standard InChI is InChI=1S/C11H7ClFNO3S2/c12-10-6-5-8(18-10)11(15)14-7-3-1-2-4-9(7)19(13,16)17/h1-6H,(H,14,15). The Balaban J connectivity index is 2.32. The Morgan fingerprint density at radius 1 is 1.21 bits per heavy atom. The van der Waals surface area contributed by atoms with Crippen LogP contribution in [-0.2, 0) is 10.2 Å². The van der Waals surface area contributed by atoms with Crippen molar-refractivity contribution >= 4 is 44.8 Å². The molecule has 0 fully saturated rings. The number of nitrogens with one attached hydrogen (secondary N) is 1. The van der Waals surface area contributed by atoms with Crippen LogP contribution in [0.4, 0.5) is 9.57 Å². The van der Waals surface area contributed by atoms with Gasteiger partial charge in [-0.3, -0.25) is 4.79 Å². The molecule has 2 aromatic rings. The number of hydrogen-bond donors (Lipinski definition) is 1. The molecule has 1 amide bonds. The lowest BCUT2D eigenvalue weighted by Gasteiger charge is -2.06. The number of hydrogen-bond acceptors (Lipinski definition) is 4. The predicted molar refractivity (Wildman–Crippen MR) is 72.0 cm³/mol. The van der Waals surface area contributed by atoms with Gasteiger partial charge in [-0.15, -0.1) is 15.2 Å². The summed E-state index contributed by atoms with van der Waals surface area (Å²) in [6.07, 6.45) is 0. The van der Waals surface area contributed by atoms with Crippen molar-refractivity contribution in [3.05, 3.63) is 45.6 Å². The number of carbonyl (C=O) groups is 1. The molecule has 19 heavy (non-hydrogen) atoms. The summed E-state index contributed by atoms with van der Waals surface area (Å²) in [5.74, 6) is -0.548. The van der Waals surface area contributed by atoms with Gasteiger partial charge in [-0.1, -0.05) is 23.7 Å². The third-order valence-electron chi connectivity index (χ3n) is 2.19. The molecule has 0 saturated heterocycles. The van der Waals surface area contributed by atoms with E-state index < -0.39 is 21.0 Å². The summed E-state index contributed by atoms with van der Waals surface area (Å²) in [5.41, 5.74) is -0.112.